The smallest absolute Gasteiger partial charge is 0.253 e. The number of rotatable bonds is 5. The van der Waals surface area contributed by atoms with E-state index in [0.29, 0.717) is 6.54 Å². The van der Waals surface area contributed by atoms with Gasteiger partial charge in [-0.05, 0) is 24.5 Å². The summed E-state index contributed by atoms with van der Waals surface area (Å²) in [5.41, 5.74) is 2.32. The molecule has 1 aromatic carbocycles. The first-order valence-electron chi connectivity index (χ1n) is 5.23. The Bertz CT molecular complexity index is 299. The van der Waals surface area contributed by atoms with E-state index < -0.39 is 12.5 Å². The van der Waals surface area contributed by atoms with Crippen molar-refractivity contribution in [3.63, 3.8) is 0 Å². The lowest BCUT2D eigenvalue weighted by Crippen LogP contribution is -2.32. The highest BCUT2D eigenvalue weighted by Gasteiger charge is 2.13. The summed E-state index contributed by atoms with van der Waals surface area (Å²) >= 11 is 0. The lowest BCUT2D eigenvalue weighted by molar-refractivity contribution is 0.105. The molecule has 0 amide bonds. The van der Waals surface area contributed by atoms with Crippen LogP contribution in [0.2, 0.25) is 0 Å². The summed E-state index contributed by atoms with van der Waals surface area (Å²) in [7, 11) is 0. The minimum atomic E-state index is -2.31. The molecule has 1 nitrogen and oxygen atoms in total. The maximum absolute atomic E-state index is 12.3. The van der Waals surface area contributed by atoms with E-state index >= 15 is 0 Å². The first kappa shape index (κ1) is 12.1. The van der Waals surface area contributed by atoms with Crippen LogP contribution < -0.4 is 5.32 Å². The quantitative estimate of drug-likeness (QED) is 0.792. The summed E-state index contributed by atoms with van der Waals surface area (Å²) in [5, 5.41) is 2.82. The number of aryl methyl sites for hydroxylation is 1. The third kappa shape index (κ3) is 3.59. The normalized spacial score (nSPS) is 13.1. The van der Waals surface area contributed by atoms with E-state index in [2.05, 4.69) is 12.2 Å². The third-order valence-corrected chi connectivity index (χ3v) is 2.49. The fourth-order valence-corrected chi connectivity index (χ4v) is 1.43. The van der Waals surface area contributed by atoms with Crippen molar-refractivity contribution in [1.82, 2.24) is 5.32 Å². The van der Waals surface area contributed by atoms with E-state index in [9.17, 15) is 8.78 Å². The van der Waals surface area contributed by atoms with Crippen LogP contribution in [0.5, 0.6) is 0 Å². The zero-order chi connectivity index (χ0) is 11.3. The molecule has 1 atom stereocenters. The molecule has 3 heteroatoms. The van der Waals surface area contributed by atoms with Crippen molar-refractivity contribution in [3.8, 4) is 0 Å². The van der Waals surface area contributed by atoms with Crippen LogP contribution in [-0.4, -0.2) is 12.5 Å². The molecule has 0 spiro atoms. The molecule has 84 valence electrons. The van der Waals surface area contributed by atoms with Crippen molar-refractivity contribution in [2.75, 3.05) is 0 Å². The van der Waals surface area contributed by atoms with Crippen molar-refractivity contribution in [2.45, 2.75) is 39.3 Å². The Kier molecular flexibility index (Phi) is 4.69. The van der Waals surface area contributed by atoms with Crippen LogP contribution in [0.1, 0.15) is 25.0 Å². The topological polar surface area (TPSA) is 12.0 Å². The van der Waals surface area contributed by atoms with Crippen molar-refractivity contribution >= 4 is 0 Å². The summed E-state index contributed by atoms with van der Waals surface area (Å²) in [6, 6.07) is 7.16. The molecule has 1 rings (SSSR count). The van der Waals surface area contributed by atoms with Gasteiger partial charge in [-0.3, -0.25) is 0 Å². The maximum Gasteiger partial charge on any atom is 0.253 e. The second-order valence-electron chi connectivity index (χ2n) is 3.63. The van der Waals surface area contributed by atoms with E-state index in [-0.39, 0.29) is 0 Å². The van der Waals surface area contributed by atoms with Crippen LogP contribution in [0.3, 0.4) is 0 Å². The van der Waals surface area contributed by atoms with Crippen molar-refractivity contribution in [1.29, 1.82) is 0 Å². The molecule has 0 heterocycles. The second-order valence-corrected chi connectivity index (χ2v) is 3.63. The fraction of sp³-hybridized carbons (Fsp3) is 0.500. The van der Waals surface area contributed by atoms with Crippen LogP contribution in [0, 0.1) is 0 Å². The van der Waals surface area contributed by atoms with E-state index in [1.807, 2.05) is 24.3 Å². The molecular formula is C12H17F2N. The standard InChI is InChI=1S/C12H17F2N/c1-3-10-6-4-5-7-11(10)8-15-9(2)12(13)14/h4-7,9,12,15H,3,8H2,1-2H3. The maximum atomic E-state index is 12.3. The number of hydrogen-bond donors (Lipinski definition) is 1. The Hall–Kier alpha value is -0.960. The molecule has 0 fully saturated rings. The largest absolute Gasteiger partial charge is 0.305 e. The predicted molar refractivity (Wildman–Crippen MR) is 58.1 cm³/mol. The van der Waals surface area contributed by atoms with E-state index in [4.69, 9.17) is 0 Å². The number of halogens is 2. The molecule has 0 aliphatic rings. The molecule has 15 heavy (non-hydrogen) atoms. The lowest BCUT2D eigenvalue weighted by atomic mass is 10.1. The molecule has 0 aromatic heterocycles. The molecular weight excluding hydrogens is 196 g/mol. The molecule has 0 aliphatic heterocycles. The summed E-state index contributed by atoms with van der Waals surface area (Å²) in [6.07, 6.45) is -1.38. The highest BCUT2D eigenvalue weighted by Crippen LogP contribution is 2.10. The first-order chi connectivity index (χ1) is 7.15. The monoisotopic (exact) mass is 213 g/mol. The van der Waals surface area contributed by atoms with Crippen molar-refractivity contribution in [3.05, 3.63) is 35.4 Å². The average molecular weight is 213 g/mol. The van der Waals surface area contributed by atoms with E-state index in [0.717, 1.165) is 12.0 Å². The molecule has 1 unspecified atom stereocenters. The summed E-state index contributed by atoms with van der Waals surface area (Å²) in [4.78, 5) is 0. The van der Waals surface area contributed by atoms with Gasteiger partial charge in [-0.25, -0.2) is 8.78 Å². The lowest BCUT2D eigenvalue weighted by Gasteiger charge is -2.14. The Morgan fingerprint density at radius 2 is 1.80 bits per heavy atom. The highest BCUT2D eigenvalue weighted by molar-refractivity contribution is 5.26. The van der Waals surface area contributed by atoms with Gasteiger partial charge in [-0.15, -0.1) is 0 Å². The van der Waals surface area contributed by atoms with Crippen LogP contribution in [0.4, 0.5) is 8.78 Å². The van der Waals surface area contributed by atoms with Crippen molar-refractivity contribution < 1.29 is 8.78 Å². The van der Waals surface area contributed by atoms with Gasteiger partial charge in [0.1, 0.15) is 0 Å². The SMILES string of the molecule is CCc1ccccc1CNC(C)C(F)F. The minimum absolute atomic E-state index is 0.509. The van der Waals surface area contributed by atoms with Crippen molar-refractivity contribution in [2.24, 2.45) is 0 Å². The van der Waals surface area contributed by atoms with Gasteiger partial charge in [0.2, 0.25) is 0 Å². The molecule has 0 aliphatic carbocycles. The average Bonchev–Trinajstić information content (AvgIpc) is 2.26. The second kappa shape index (κ2) is 5.81. The molecule has 0 saturated heterocycles. The predicted octanol–water partition coefficient (Wildman–Crippen LogP) is 2.99. The van der Waals surface area contributed by atoms with Gasteiger partial charge in [0.25, 0.3) is 6.43 Å². The van der Waals surface area contributed by atoms with E-state index in [1.165, 1.54) is 12.5 Å². The zero-order valence-electron chi connectivity index (χ0n) is 9.13. The molecule has 0 bridgehead atoms. The van der Waals surface area contributed by atoms with Gasteiger partial charge in [0.15, 0.2) is 0 Å². The molecule has 1 N–H and O–H groups in total. The molecule has 0 radical (unpaired) electrons. The van der Waals surface area contributed by atoms with Crippen LogP contribution >= 0.6 is 0 Å². The van der Waals surface area contributed by atoms with Gasteiger partial charge < -0.3 is 5.32 Å². The van der Waals surface area contributed by atoms with Crippen LogP contribution in [-0.2, 0) is 13.0 Å². The summed E-state index contributed by atoms with van der Waals surface area (Å²) in [6.45, 7) is 4.07. The third-order valence-electron chi connectivity index (χ3n) is 2.49. The number of hydrogen-bond acceptors (Lipinski definition) is 1. The molecule has 1 aromatic rings. The van der Waals surface area contributed by atoms with Gasteiger partial charge in [-0.1, -0.05) is 31.2 Å². The number of benzene rings is 1. The zero-order valence-corrected chi connectivity index (χ0v) is 9.13. The number of nitrogens with one attached hydrogen (secondary N) is 1. The minimum Gasteiger partial charge on any atom is -0.305 e. The van der Waals surface area contributed by atoms with Crippen LogP contribution in [0.25, 0.3) is 0 Å². The fourth-order valence-electron chi connectivity index (χ4n) is 1.43. The first-order valence-corrected chi connectivity index (χ1v) is 5.23. The van der Waals surface area contributed by atoms with E-state index in [1.54, 1.807) is 0 Å². The summed E-state index contributed by atoms with van der Waals surface area (Å²) in [5.74, 6) is 0. The Morgan fingerprint density at radius 1 is 1.20 bits per heavy atom. The van der Waals surface area contributed by atoms with Crippen LogP contribution in [0.15, 0.2) is 24.3 Å². The number of alkyl halides is 2. The van der Waals surface area contributed by atoms with Gasteiger partial charge >= 0.3 is 0 Å². The summed E-state index contributed by atoms with van der Waals surface area (Å²) < 4.78 is 24.5. The Labute approximate surface area is 89.5 Å². The Balaban J connectivity index is 2.57. The van der Waals surface area contributed by atoms with Gasteiger partial charge in [0, 0.05) is 6.54 Å². The highest BCUT2D eigenvalue weighted by atomic mass is 19.3. The van der Waals surface area contributed by atoms with Gasteiger partial charge in [-0.2, -0.15) is 0 Å². The Morgan fingerprint density at radius 3 is 2.33 bits per heavy atom. The van der Waals surface area contributed by atoms with Gasteiger partial charge in [0.05, 0.1) is 6.04 Å². The molecule has 0 saturated carbocycles.